The number of hydrogen-bond donors (Lipinski definition) is 0. The van der Waals surface area contributed by atoms with E-state index in [0.29, 0.717) is 11.0 Å². The third-order valence-electron chi connectivity index (χ3n) is 4.75. The van der Waals surface area contributed by atoms with Gasteiger partial charge in [-0.05, 0) is 15.9 Å². The summed E-state index contributed by atoms with van der Waals surface area (Å²) >= 11 is 3.41. The molecule has 1 aliphatic rings. The molecule has 0 aliphatic carbocycles. The van der Waals surface area contributed by atoms with Gasteiger partial charge in [-0.1, -0.05) is 30.3 Å². The van der Waals surface area contributed by atoms with Gasteiger partial charge in [-0.2, -0.15) is 5.10 Å². The minimum absolute atomic E-state index is 0.122. The lowest BCUT2D eigenvalue weighted by Gasteiger charge is -2.35. The Balaban J connectivity index is 1.38. The van der Waals surface area contributed by atoms with Crippen LogP contribution in [0.25, 0.3) is 11.3 Å². The SMILES string of the molecule is Cn1ncc(N2CCN(Cc3nc(-c4ccccc4)co3)CC2)c(Br)c1=O. The third-order valence-corrected chi connectivity index (χ3v) is 5.50. The van der Waals surface area contributed by atoms with Gasteiger partial charge in [-0.25, -0.2) is 9.67 Å². The molecule has 0 N–H and O–H groups in total. The van der Waals surface area contributed by atoms with Crippen LogP contribution in [0.15, 0.2) is 56.5 Å². The number of oxazole rings is 1. The fourth-order valence-electron chi connectivity index (χ4n) is 3.19. The van der Waals surface area contributed by atoms with E-state index in [0.717, 1.165) is 49.0 Å². The fraction of sp³-hybridized carbons (Fsp3) is 0.316. The van der Waals surface area contributed by atoms with Gasteiger partial charge in [-0.15, -0.1) is 0 Å². The first-order valence-corrected chi connectivity index (χ1v) is 9.60. The molecular formula is C19H20BrN5O2. The van der Waals surface area contributed by atoms with Gasteiger partial charge in [0.2, 0.25) is 5.89 Å². The monoisotopic (exact) mass is 429 g/mol. The maximum absolute atomic E-state index is 12.1. The van der Waals surface area contributed by atoms with Crippen LogP contribution in [-0.2, 0) is 13.6 Å². The standard InChI is InChI=1S/C19H20BrN5O2/c1-23-19(26)18(20)16(11-21-23)25-9-7-24(8-10-25)12-17-22-15(13-27-17)14-5-3-2-4-6-14/h2-6,11,13H,7-10,12H2,1H3. The maximum atomic E-state index is 12.1. The van der Waals surface area contributed by atoms with E-state index in [-0.39, 0.29) is 5.56 Å². The number of halogens is 1. The number of rotatable bonds is 4. The van der Waals surface area contributed by atoms with Crippen LogP contribution in [0, 0.1) is 0 Å². The van der Waals surface area contributed by atoms with Crippen LogP contribution in [0.5, 0.6) is 0 Å². The lowest BCUT2D eigenvalue weighted by Crippen LogP contribution is -2.46. The van der Waals surface area contributed by atoms with Crippen molar-refractivity contribution in [2.45, 2.75) is 6.54 Å². The summed E-state index contributed by atoms with van der Waals surface area (Å²) in [6, 6.07) is 10.0. The number of aryl methyl sites for hydroxylation is 1. The van der Waals surface area contributed by atoms with Crippen molar-refractivity contribution >= 4 is 21.6 Å². The van der Waals surface area contributed by atoms with Gasteiger partial charge in [0.1, 0.15) is 16.4 Å². The lowest BCUT2D eigenvalue weighted by atomic mass is 10.2. The molecule has 1 fully saturated rings. The number of hydrogen-bond acceptors (Lipinski definition) is 6. The van der Waals surface area contributed by atoms with Crippen LogP contribution in [0.3, 0.4) is 0 Å². The highest BCUT2D eigenvalue weighted by molar-refractivity contribution is 9.10. The van der Waals surface area contributed by atoms with Crippen LogP contribution in [0.4, 0.5) is 5.69 Å². The first-order chi connectivity index (χ1) is 13.1. The molecule has 2 aromatic heterocycles. The van der Waals surface area contributed by atoms with Crippen molar-refractivity contribution in [1.82, 2.24) is 19.7 Å². The zero-order valence-corrected chi connectivity index (χ0v) is 16.6. The zero-order chi connectivity index (χ0) is 18.8. The summed E-state index contributed by atoms with van der Waals surface area (Å²) in [6.45, 7) is 4.05. The van der Waals surface area contributed by atoms with E-state index in [4.69, 9.17) is 4.42 Å². The van der Waals surface area contributed by atoms with Crippen LogP contribution in [-0.4, -0.2) is 45.8 Å². The summed E-state index contributed by atoms with van der Waals surface area (Å²) in [5.74, 6) is 0.721. The highest BCUT2D eigenvalue weighted by Gasteiger charge is 2.22. The van der Waals surface area contributed by atoms with Crippen molar-refractivity contribution in [2.24, 2.45) is 7.05 Å². The summed E-state index contributed by atoms with van der Waals surface area (Å²) in [5.41, 5.74) is 2.64. The number of aromatic nitrogens is 3. The van der Waals surface area contributed by atoms with Crippen molar-refractivity contribution < 1.29 is 4.42 Å². The molecule has 8 heteroatoms. The molecule has 4 rings (SSSR count). The Morgan fingerprint density at radius 2 is 1.89 bits per heavy atom. The summed E-state index contributed by atoms with van der Waals surface area (Å²) in [4.78, 5) is 21.1. The van der Waals surface area contributed by atoms with Crippen LogP contribution in [0.1, 0.15) is 5.89 Å². The minimum Gasteiger partial charge on any atom is -0.447 e. The summed E-state index contributed by atoms with van der Waals surface area (Å²) in [6.07, 6.45) is 3.45. The Labute approximate surface area is 165 Å². The van der Waals surface area contributed by atoms with Gasteiger partial charge in [-0.3, -0.25) is 9.69 Å². The van der Waals surface area contributed by atoms with Crippen LogP contribution in [0.2, 0.25) is 0 Å². The summed E-state index contributed by atoms with van der Waals surface area (Å²) in [5, 5.41) is 4.13. The third kappa shape index (κ3) is 3.81. The Kier molecular flexibility index (Phi) is 5.09. The first-order valence-electron chi connectivity index (χ1n) is 8.81. The van der Waals surface area contributed by atoms with E-state index in [1.54, 1.807) is 19.5 Å². The van der Waals surface area contributed by atoms with E-state index in [9.17, 15) is 4.79 Å². The molecule has 0 atom stereocenters. The molecule has 0 saturated carbocycles. The van der Waals surface area contributed by atoms with E-state index >= 15 is 0 Å². The number of nitrogens with zero attached hydrogens (tertiary/aromatic N) is 5. The lowest BCUT2D eigenvalue weighted by molar-refractivity contribution is 0.226. The average molecular weight is 430 g/mol. The van der Waals surface area contributed by atoms with Gasteiger partial charge in [0.15, 0.2) is 0 Å². The molecule has 3 aromatic rings. The second kappa shape index (κ2) is 7.66. The van der Waals surface area contributed by atoms with Crippen molar-refractivity contribution in [3.05, 3.63) is 63.5 Å². The predicted molar refractivity (Wildman–Crippen MR) is 107 cm³/mol. The van der Waals surface area contributed by atoms with Crippen LogP contribution < -0.4 is 10.5 Å². The van der Waals surface area contributed by atoms with Gasteiger partial charge < -0.3 is 9.32 Å². The first kappa shape index (κ1) is 17.9. The Morgan fingerprint density at radius 1 is 1.15 bits per heavy atom. The van der Waals surface area contributed by atoms with Crippen molar-refractivity contribution in [2.75, 3.05) is 31.1 Å². The summed E-state index contributed by atoms with van der Waals surface area (Å²) in [7, 11) is 1.65. The molecule has 0 amide bonds. The van der Waals surface area contributed by atoms with Gasteiger partial charge >= 0.3 is 0 Å². The fourth-order valence-corrected chi connectivity index (χ4v) is 3.80. The van der Waals surface area contributed by atoms with E-state index < -0.39 is 0 Å². The largest absolute Gasteiger partial charge is 0.447 e. The molecule has 27 heavy (non-hydrogen) atoms. The average Bonchev–Trinajstić information content (AvgIpc) is 3.16. The van der Waals surface area contributed by atoms with Crippen molar-refractivity contribution in [1.29, 1.82) is 0 Å². The molecule has 140 valence electrons. The number of benzene rings is 1. The number of anilines is 1. The molecule has 0 unspecified atom stereocenters. The van der Waals surface area contributed by atoms with Gasteiger partial charge in [0.25, 0.3) is 5.56 Å². The topological polar surface area (TPSA) is 67.4 Å². The Bertz CT molecular complexity index is 977. The highest BCUT2D eigenvalue weighted by Crippen LogP contribution is 2.23. The van der Waals surface area contributed by atoms with E-state index in [2.05, 4.69) is 35.8 Å². The second-order valence-electron chi connectivity index (χ2n) is 6.53. The zero-order valence-electron chi connectivity index (χ0n) is 15.0. The summed E-state index contributed by atoms with van der Waals surface area (Å²) < 4.78 is 7.55. The molecule has 0 spiro atoms. The molecule has 1 aromatic carbocycles. The predicted octanol–water partition coefficient (Wildman–Crippen LogP) is 2.52. The van der Waals surface area contributed by atoms with Crippen molar-refractivity contribution in [3.8, 4) is 11.3 Å². The Morgan fingerprint density at radius 3 is 2.63 bits per heavy atom. The normalized spacial score (nSPS) is 15.3. The molecule has 7 nitrogen and oxygen atoms in total. The molecule has 0 radical (unpaired) electrons. The van der Waals surface area contributed by atoms with E-state index in [1.807, 2.05) is 30.3 Å². The smallest absolute Gasteiger partial charge is 0.282 e. The molecule has 1 saturated heterocycles. The molecule has 0 bridgehead atoms. The highest BCUT2D eigenvalue weighted by atomic mass is 79.9. The molecule has 1 aliphatic heterocycles. The second-order valence-corrected chi connectivity index (χ2v) is 7.32. The van der Waals surface area contributed by atoms with Crippen molar-refractivity contribution in [3.63, 3.8) is 0 Å². The molecule has 3 heterocycles. The minimum atomic E-state index is -0.122. The maximum Gasteiger partial charge on any atom is 0.282 e. The molecular weight excluding hydrogens is 410 g/mol. The Hall–Kier alpha value is -2.45. The van der Waals surface area contributed by atoms with E-state index in [1.165, 1.54) is 4.68 Å². The van der Waals surface area contributed by atoms with Gasteiger partial charge in [0, 0.05) is 38.8 Å². The van der Waals surface area contributed by atoms with Gasteiger partial charge in [0.05, 0.1) is 18.4 Å². The number of piperazine rings is 1. The quantitative estimate of drug-likeness (QED) is 0.634. The van der Waals surface area contributed by atoms with Crippen LogP contribution >= 0.6 is 15.9 Å².